The van der Waals surface area contributed by atoms with Gasteiger partial charge in [-0.25, -0.2) is 14.2 Å². The van der Waals surface area contributed by atoms with Crippen LogP contribution >= 0.6 is 7.75 Å². The van der Waals surface area contributed by atoms with Crippen molar-refractivity contribution in [3.05, 3.63) is 112 Å². The minimum absolute atomic E-state index is 0.00444. The third kappa shape index (κ3) is 16.3. The van der Waals surface area contributed by atoms with E-state index in [1.165, 1.54) is 6.33 Å². The Morgan fingerprint density at radius 3 is 1.85 bits per heavy atom. The van der Waals surface area contributed by atoms with E-state index >= 15 is 4.57 Å². The number of ether oxygens (including phenoxy) is 11. The van der Waals surface area contributed by atoms with Crippen LogP contribution in [0.5, 0.6) is 11.5 Å². The summed E-state index contributed by atoms with van der Waals surface area (Å²) < 4.78 is 97.3. The maximum Gasteiger partial charge on any atom is 0.409 e. The lowest BCUT2D eigenvalue weighted by Gasteiger charge is -2.44. The van der Waals surface area contributed by atoms with Crippen molar-refractivity contribution >= 4 is 54.6 Å². The molecule has 468 valence electrons. The number of rotatable bonds is 29. The summed E-state index contributed by atoms with van der Waals surface area (Å²) in [7, 11) is -1.24. The molecule has 1 amide bonds. The zero-order valence-electron chi connectivity index (χ0n) is 50.3. The Hall–Kier alpha value is -7.13. The molecule has 5 aromatic rings. The number of H-pyrrole nitrogens is 1. The molecule has 2 fully saturated rings. The molecule has 1 unspecified atom stereocenters. The van der Waals surface area contributed by atoms with E-state index in [0.29, 0.717) is 11.5 Å². The molecule has 2 saturated heterocycles. The Kier molecular flexibility index (Phi) is 23.2. The van der Waals surface area contributed by atoms with Crippen LogP contribution in [0, 0.1) is 5.92 Å². The van der Waals surface area contributed by atoms with Crippen molar-refractivity contribution in [2.24, 2.45) is 5.92 Å². The first-order chi connectivity index (χ1) is 41.0. The number of aromatic amines is 1. The Balaban J connectivity index is 1.18. The average Bonchev–Trinajstić information content (AvgIpc) is 1.18. The maximum absolute atomic E-state index is 15.9. The van der Waals surface area contributed by atoms with Crippen molar-refractivity contribution in [3.8, 4) is 11.5 Å². The molecule has 0 saturated carbocycles. The number of benzene rings is 3. The first-order valence-corrected chi connectivity index (χ1v) is 29.6. The number of esters is 4. The molecular weight excluding hydrogens is 1140 g/mol. The summed E-state index contributed by atoms with van der Waals surface area (Å²) in [6.45, 7) is 13.9. The summed E-state index contributed by atoms with van der Waals surface area (Å²) in [5, 5.41) is 2.65. The van der Waals surface area contributed by atoms with Gasteiger partial charge in [-0.2, -0.15) is 4.98 Å². The van der Waals surface area contributed by atoms with Gasteiger partial charge in [0, 0.05) is 52.1 Å². The number of aromatic nitrogens is 4. The zero-order valence-corrected chi connectivity index (χ0v) is 51.2. The first-order valence-electron chi connectivity index (χ1n) is 28.1. The first kappa shape index (κ1) is 66.4. The lowest BCUT2D eigenvalue weighted by molar-refractivity contribution is -0.309. The number of methoxy groups -OCH3 is 2. The molecule has 0 spiro atoms. The van der Waals surface area contributed by atoms with Gasteiger partial charge in [0.1, 0.15) is 48.2 Å². The number of fused-ring (bicyclic) bond motifs is 1. The minimum Gasteiger partial charge on any atom is -0.497 e. The fourth-order valence-electron chi connectivity index (χ4n) is 10.2. The minimum atomic E-state index is -4.40. The standard InChI is InChI=1S/C59H77N6O20P/c1-34(2)55(70)62-58-61-54-50(56(71)63-58)60-33-64(54)49-30-46(47(83-49)32-78-59(41-16-14-13-15-17-41,42-18-22-44(73-11)23-19-42)43-20-24-45(74-12)25-21-43)85-86(72,65(35(3)4)36(5)6)79-29-27-75-26-28-76-57-53(82-40(10)69)52(81-39(9)68)51(80-38(8)67)48(84-57)31-77-37(7)66/h13-25,33-36,46-49,51-53,57H,26-32H2,1-12H3,(H2,61,62,63,70,71)/t46-,47+,48+,49+,51-,52-,53+,57+,86?/m0/s1. The monoisotopic (exact) mass is 1220 g/mol. The zero-order chi connectivity index (χ0) is 62.5. The van der Waals surface area contributed by atoms with E-state index in [-0.39, 0.29) is 62.5 Å². The molecule has 26 nitrogen and oxygen atoms in total. The Labute approximate surface area is 498 Å². The summed E-state index contributed by atoms with van der Waals surface area (Å²) in [4.78, 5) is 86.7. The number of nitrogens with zero attached hydrogens (tertiary/aromatic N) is 4. The highest BCUT2D eigenvalue weighted by Gasteiger charge is 2.53. The normalized spacial score (nSPS) is 21.3. The molecule has 2 aromatic heterocycles. The molecule has 7 rings (SSSR count). The van der Waals surface area contributed by atoms with Gasteiger partial charge in [-0.3, -0.25) is 52.7 Å². The van der Waals surface area contributed by atoms with Crippen LogP contribution in [0.4, 0.5) is 5.95 Å². The van der Waals surface area contributed by atoms with E-state index in [2.05, 4.69) is 20.3 Å². The van der Waals surface area contributed by atoms with Gasteiger partial charge < -0.3 is 52.1 Å². The fraction of sp³-hybridized carbons (Fsp3) is 0.525. The second-order valence-corrected chi connectivity index (χ2v) is 23.0. The number of anilines is 1. The number of carbonyl (C=O) groups excluding carboxylic acids is 5. The van der Waals surface area contributed by atoms with Crippen LogP contribution in [-0.4, -0.2) is 163 Å². The van der Waals surface area contributed by atoms with Crippen LogP contribution in [0.3, 0.4) is 0 Å². The molecule has 4 heterocycles. The summed E-state index contributed by atoms with van der Waals surface area (Å²) in [6, 6.07) is 23.8. The average molecular weight is 1220 g/mol. The number of hydrogen-bond acceptors (Lipinski definition) is 22. The van der Waals surface area contributed by atoms with Gasteiger partial charge >= 0.3 is 31.6 Å². The number of amides is 1. The van der Waals surface area contributed by atoms with Gasteiger partial charge in [-0.1, -0.05) is 68.4 Å². The molecule has 0 radical (unpaired) electrons. The molecular formula is C59H77N6O20P. The molecule has 9 atom stereocenters. The molecule has 2 aliphatic rings. The van der Waals surface area contributed by atoms with Crippen LogP contribution in [0.15, 0.2) is 90.0 Å². The van der Waals surface area contributed by atoms with Crippen molar-refractivity contribution in [1.82, 2.24) is 24.2 Å². The highest BCUT2D eigenvalue weighted by Crippen LogP contribution is 2.57. The fourth-order valence-corrected chi connectivity index (χ4v) is 12.5. The van der Waals surface area contributed by atoms with Crippen molar-refractivity contribution in [2.75, 3.05) is 59.2 Å². The second kappa shape index (κ2) is 30.0. The van der Waals surface area contributed by atoms with Crippen molar-refractivity contribution < 1.29 is 89.7 Å². The van der Waals surface area contributed by atoms with E-state index in [4.69, 9.17) is 61.2 Å². The lowest BCUT2D eigenvalue weighted by Crippen LogP contribution is -2.63. The van der Waals surface area contributed by atoms with Crippen LogP contribution in [0.1, 0.15) is 98.6 Å². The smallest absolute Gasteiger partial charge is 0.409 e. The quantitative estimate of drug-likeness (QED) is 0.0164. The third-order valence-corrected chi connectivity index (χ3v) is 16.4. The summed E-state index contributed by atoms with van der Waals surface area (Å²) in [5.41, 5.74) is 0.330. The molecule has 86 heavy (non-hydrogen) atoms. The number of nitrogens with one attached hydrogen (secondary N) is 2. The highest BCUT2D eigenvalue weighted by molar-refractivity contribution is 7.51. The SMILES string of the molecule is COc1ccc(C(OC[C@H]2O[C@@H](n3cnc4c(=O)[nH]c(NC(=O)C(C)C)nc43)C[C@@H]2OP(=O)(OCCOCCO[C@@H]2O[C@H](COC(C)=O)[C@H](OC(C)=O)[C@H](OC(C)=O)[C@H]2OC(C)=O)N(C(C)C)C(C)C)(c2ccccc2)c2ccc(OC)cc2)cc1. The van der Waals surface area contributed by atoms with Crippen LogP contribution in [-0.2, 0) is 85.8 Å². The Morgan fingerprint density at radius 2 is 1.29 bits per heavy atom. The van der Waals surface area contributed by atoms with Gasteiger partial charge in [0.25, 0.3) is 5.56 Å². The summed E-state index contributed by atoms with van der Waals surface area (Å²) in [6.07, 6.45) is -8.61. The van der Waals surface area contributed by atoms with Crippen molar-refractivity contribution in [3.63, 3.8) is 0 Å². The van der Waals surface area contributed by atoms with Crippen LogP contribution in [0.2, 0.25) is 0 Å². The molecule has 27 heteroatoms. The van der Waals surface area contributed by atoms with E-state index < -0.39 is 117 Å². The number of carbonyl (C=O) groups is 5. The van der Waals surface area contributed by atoms with Crippen LogP contribution in [0.25, 0.3) is 11.2 Å². The third-order valence-electron chi connectivity index (χ3n) is 13.9. The summed E-state index contributed by atoms with van der Waals surface area (Å²) in [5.74, 6) is -2.74. The van der Waals surface area contributed by atoms with E-state index in [1.54, 1.807) is 37.3 Å². The predicted octanol–water partition coefficient (Wildman–Crippen LogP) is 6.77. The topological polar surface area (TPSA) is 301 Å². The largest absolute Gasteiger partial charge is 0.497 e. The second-order valence-electron chi connectivity index (χ2n) is 21.1. The van der Waals surface area contributed by atoms with Gasteiger partial charge in [0.2, 0.25) is 11.9 Å². The van der Waals surface area contributed by atoms with Gasteiger partial charge in [-0.05, 0) is 68.7 Å². The number of hydrogen-bond donors (Lipinski definition) is 2. The van der Waals surface area contributed by atoms with Gasteiger partial charge in [0.15, 0.2) is 35.8 Å². The van der Waals surface area contributed by atoms with E-state index in [9.17, 15) is 28.8 Å². The molecule has 3 aromatic carbocycles. The summed E-state index contributed by atoms with van der Waals surface area (Å²) >= 11 is 0. The number of imidazole rings is 1. The Morgan fingerprint density at radius 1 is 0.721 bits per heavy atom. The van der Waals surface area contributed by atoms with E-state index in [1.807, 2.05) is 107 Å². The molecule has 0 bridgehead atoms. The van der Waals surface area contributed by atoms with Gasteiger partial charge in [-0.15, -0.1) is 0 Å². The van der Waals surface area contributed by atoms with Gasteiger partial charge in [0.05, 0.1) is 53.6 Å². The maximum atomic E-state index is 15.9. The van der Waals surface area contributed by atoms with Crippen molar-refractivity contribution in [1.29, 1.82) is 0 Å². The molecule has 2 aliphatic heterocycles. The van der Waals surface area contributed by atoms with E-state index in [0.717, 1.165) is 44.4 Å². The molecule has 0 aliphatic carbocycles. The Bertz CT molecular complexity index is 3140. The predicted molar refractivity (Wildman–Crippen MR) is 308 cm³/mol. The molecule has 2 N–H and O–H groups in total. The highest BCUT2D eigenvalue weighted by atomic mass is 31.2. The van der Waals surface area contributed by atoms with Crippen LogP contribution < -0.4 is 20.3 Å². The lowest BCUT2D eigenvalue weighted by atomic mass is 9.80. The van der Waals surface area contributed by atoms with Crippen molar-refractivity contribution in [2.45, 2.75) is 142 Å².